The van der Waals surface area contributed by atoms with E-state index in [0.717, 1.165) is 22.3 Å². The molecule has 1 amide bonds. The van der Waals surface area contributed by atoms with Crippen molar-refractivity contribution in [2.75, 3.05) is 6.54 Å². The van der Waals surface area contributed by atoms with E-state index < -0.39 is 15.9 Å². The standard InChI is InChI=1S/C29H35N3O3S/c1-20(2)27-13-11-25(12-14-27)17-30-31-28(33)19-32(18-26-9-7-21(3)8-10-26)36(34,35)29-23(5)15-22(4)16-24(29)6/h7-17,20H,18-19H2,1-6H3,(H,31,33)/b30-17+. The van der Waals surface area contributed by atoms with Crippen LogP contribution in [0.3, 0.4) is 0 Å². The van der Waals surface area contributed by atoms with Crippen LogP contribution in [0, 0.1) is 27.7 Å². The van der Waals surface area contributed by atoms with E-state index in [1.54, 1.807) is 20.1 Å². The first-order chi connectivity index (χ1) is 17.0. The third kappa shape index (κ3) is 6.89. The summed E-state index contributed by atoms with van der Waals surface area (Å²) in [5.74, 6) is -0.0823. The maximum atomic E-state index is 13.8. The fourth-order valence-electron chi connectivity index (χ4n) is 4.17. The van der Waals surface area contributed by atoms with Crippen LogP contribution in [-0.2, 0) is 21.4 Å². The molecule has 0 aromatic heterocycles. The molecule has 0 radical (unpaired) electrons. The van der Waals surface area contributed by atoms with E-state index in [1.807, 2.05) is 74.5 Å². The fourth-order valence-corrected chi connectivity index (χ4v) is 5.96. The van der Waals surface area contributed by atoms with Crippen molar-refractivity contribution in [1.29, 1.82) is 0 Å². The van der Waals surface area contributed by atoms with Crippen LogP contribution >= 0.6 is 0 Å². The van der Waals surface area contributed by atoms with Crippen LogP contribution in [0.2, 0.25) is 0 Å². The molecule has 0 atom stereocenters. The summed E-state index contributed by atoms with van der Waals surface area (Å²) in [6.07, 6.45) is 1.55. The molecule has 3 aromatic rings. The molecule has 1 N–H and O–H groups in total. The highest BCUT2D eigenvalue weighted by Gasteiger charge is 2.30. The number of nitrogens with one attached hydrogen (secondary N) is 1. The van der Waals surface area contributed by atoms with Gasteiger partial charge in [0.1, 0.15) is 0 Å². The molecule has 0 spiro atoms. The van der Waals surface area contributed by atoms with Crippen molar-refractivity contribution in [2.24, 2.45) is 5.10 Å². The van der Waals surface area contributed by atoms with Crippen molar-refractivity contribution in [3.05, 3.63) is 99.6 Å². The van der Waals surface area contributed by atoms with Gasteiger partial charge < -0.3 is 0 Å². The zero-order valence-electron chi connectivity index (χ0n) is 21.9. The molecule has 0 aliphatic rings. The maximum Gasteiger partial charge on any atom is 0.255 e. The van der Waals surface area contributed by atoms with E-state index in [0.29, 0.717) is 17.0 Å². The molecule has 3 aromatic carbocycles. The Morgan fingerprint density at radius 3 is 2.06 bits per heavy atom. The van der Waals surface area contributed by atoms with E-state index >= 15 is 0 Å². The highest BCUT2D eigenvalue weighted by Crippen LogP contribution is 2.26. The van der Waals surface area contributed by atoms with Gasteiger partial charge in [-0.15, -0.1) is 0 Å². The van der Waals surface area contributed by atoms with Crippen LogP contribution in [0.5, 0.6) is 0 Å². The number of sulfonamides is 1. The Hall–Kier alpha value is -3.29. The largest absolute Gasteiger partial charge is 0.272 e. The average molecular weight is 506 g/mol. The predicted molar refractivity (Wildman–Crippen MR) is 146 cm³/mol. The number of hydrogen-bond acceptors (Lipinski definition) is 4. The quantitative estimate of drug-likeness (QED) is 0.313. The summed E-state index contributed by atoms with van der Waals surface area (Å²) in [6.45, 7) is 11.4. The van der Waals surface area contributed by atoms with Crippen LogP contribution in [-0.4, -0.2) is 31.4 Å². The van der Waals surface area contributed by atoms with Gasteiger partial charge in [-0.05, 0) is 61.4 Å². The van der Waals surface area contributed by atoms with Gasteiger partial charge in [0.15, 0.2) is 0 Å². The SMILES string of the molecule is Cc1ccc(CN(CC(=O)N/N=C/c2ccc(C(C)C)cc2)S(=O)(=O)c2c(C)cc(C)cc2C)cc1. The van der Waals surface area contributed by atoms with Crippen LogP contribution in [0.4, 0.5) is 0 Å². The Bertz CT molecular complexity index is 1320. The lowest BCUT2D eigenvalue weighted by molar-refractivity contribution is -0.121. The monoisotopic (exact) mass is 505 g/mol. The smallest absolute Gasteiger partial charge is 0.255 e. The Labute approximate surface area is 215 Å². The summed E-state index contributed by atoms with van der Waals surface area (Å²) in [7, 11) is -3.95. The molecule has 3 rings (SSSR count). The topological polar surface area (TPSA) is 78.8 Å². The molecule has 6 nitrogen and oxygen atoms in total. The van der Waals surface area contributed by atoms with E-state index in [4.69, 9.17) is 0 Å². The summed E-state index contributed by atoms with van der Waals surface area (Å²) < 4.78 is 28.8. The highest BCUT2D eigenvalue weighted by atomic mass is 32.2. The van der Waals surface area contributed by atoms with Crippen molar-refractivity contribution in [2.45, 2.75) is 58.9 Å². The van der Waals surface area contributed by atoms with E-state index in [-0.39, 0.29) is 18.0 Å². The zero-order valence-corrected chi connectivity index (χ0v) is 22.7. The van der Waals surface area contributed by atoms with Gasteiger partial charge in [-0.25, -0.2) is 13.8 Å². The van der Waals surface area contributed by atoms with Gasteiger partial charge in [-0.3, -0.25) is 4.79 Å². The molecular formula is C29H35N3O3S. The van der Waals surface area contributed by atoms with Crippen LogP contribution in [0.25, 0.3) is 0 Å². The number of benzene rings is 3. The number of hydrogen-bond donors (Lipinski definition) is 1. The number of aryl methyl sites for hydroxylation is 4. The molecule has 0 unspecified atom stereocenters. The van der Waals surface area contributed by atoms with E-state index in [2.05, 4.69) is 24.4 Å². The van der Waals surface area contributed by atoms with Crippen LogP contribution < -0.4 is 5.43 Å². The number of amides is 1. The molecule has 0 heterocycles. The first-order valence-electron chi connectivity index (χ1n) is 12.0. The summed E-state index contributed by atoms with van der Waals surface area (Å²) in [5, 5.41) is 4.04. The van der Waals surface area contributed by atoms with Gasteiger partial charge in [0, 0.05) is 6.54 Å². The molecule has 0 bridgehead atoms. The normalized spacial score (nSPS) is 12.0. The second-order valence-electron chi connectivity index (χ2n) is 9.60. The third-order valence-corrected chi connectivity index (χ3v) is 8.11. The third-order valence-electron chi connectivity index (χ3n) is 6.01. The lowest BCUT2D eigenvalue weighted by atomic mass is 10.0. The second kappa shape index (κ2) is 11.6. The lowest BCUT2D eigenvalue weighted by Crippen LogP contribution is -2.39. The fraction of sp³-hybridized carbons (Fsp3) is 0.310. The first-order valence-corrected chi connectivity index (χ1v) is 13.5. The summed E-state index contributed by atoms with van der Waals surface area (Å²) in [6, 6.07) is 19.2. The van der Waals surface area contributed by atoms with Crippen LogP contribution in [0.1, 0.15) is 58.7 Å². The Morgan fingerprint density at radius 2 is 1.50 bits per heavy atom. The highest BCUT2D eigenvalue weighted by molar-refractivity contribution is 7.89. The zero-order chi connectivity index (χ0) is 26.5. The van der Waals surface area contributed by atoms with Crippen LogP contribution in [0.15, 0.2) is 70.7 Å². The van der Waals surface area contributed by atoms with Gasteiger partial charge in [0.25, 0.3) is 5.91 Å². The lowest BCUT2D eigenvalue weighted by Gasteiger charge is -2.24. The molecule has 7 heteroatoms. The van der Waals surface area contributed by atoms with Crippen molar-refractivity contribution in [1.82, 2.24) is 9.73 Å². The number of rotatable bonds is 9. The Kier molecular flexibility index (Phi) is 8.82. The Balaban J connectivity index is 1.83. The number of hydrazone groups is 1. The molecule has 0 aliphatic carbocycles. The van der Waals surface area contributed by atoms with Gasteiger partial charge in [0.2, 0.25) is 10.0 Å². The number of carbonyl (C=O) groups is 1. The van der Waals surface area contributed by atoms with Gasteiger partial charge in [-0.2, -0.15) is 9.41 Å². The van der Waals surface area contributed by atoms with Gasteiger partial charge >= 0.3 is 0 Å². The maximum absolute atomic E-state index is 13.8. The minimum atomic E-state index is -3.95. The molecule has 0 saturated heterocycles. The van der Waals surface area contributed by atoms with Crippen molar-refractivity contribution in [3.8, 4) is 0 Å². The Morgan fingerprint density at radius 1 is 0.917 bits per heavy atom. The second-order valence-corrected chi connectivity index (χ2v) is 11.5. The summed E-state index contributed by atoms with van der Waals surface area (Å²) >= 11 is 0. The minimum absolute atomic E-state index is 0.0726. The average Bonchev–Trinajstić information content (AvgIpc) is 2.79. The molecule has 36 heavy (non-hydrogen) atoms. The summed E-state index contributed by atoms with van der Waals surface area (Å²) in [5.41, 5.74) is 8.72. The molecule has 0 aliphatic heterocycles. The van der Waals surface area contributed by atoms with Crippen molar-refractivity contribution < 1.29 is 13.2 Å². The summed E-state index contributed by atoms with van der Waals surface area (Å²) in [4.78, 5) is 13.0. The molecular weight excluding hydrogens is 470 g/mol. The minimum Gasteiger partial charge on any atom is -0.272 e. The number of nitrogens with zero attached hydrogens (tertiary/aromatic N) is 2. The first kappa shape index (κ1) is 27.3. The van der Waals surface area contributed by atoms with Gasteiger partial charge in [-0.1, -0.05) is 85.6 Å². The molecule has 0 saturated carbocycles. The molecule has 190 valence electrons. The predicted octanol–water partition coefficient (Wildman–Crippen LogP) is 5.38. The van der Waals surface area contributed by atoms with Gasteiger partial charge in [0.05, 0.1) is 17.7 Å². The number of carbonyl (C=O) groups excluding carboxylic acids is 1. The van der Waals surface area contributed by atoms with Crippen molar-refractivity contribution in [3.63, 3.8) is 0 Å². The van der Waals surface area contributed by atoms with Crippen molar-refractivity contribution >= 4 is 22.1 Å². The van der Waals surface area contributed by atoms with E-state index in [9.17, 15) is 13.2 Å². The molecule has 0 fully saturated rings. The van der Waals surface area contributed by atoms with E-state index in [1.165, 1.54) is 9.87 Å².